The molecule has 2 aromatic rings. The van der Waals surface area contributed by atoms with Crippen LogP contribution in [0.2, 0.25) is 5.02 Å². The molecule has 0 aromatic heterocycles. The third-order valence-electron chi connectivity index (χ3n) is 2.88. The Kier molecular flexibility index (Phi) is 6.43. The van der Waals surface area contributed by atoms with Crippen LogP contribution in [0.1, 0.15) is 11.1 Å². The van der Waals surface area contributed by atoms with Gasteiger partial charge in [-0.3, -0.25) is 0 Å². The number of nitrogens with zero attached hydrogens (tertiary/aromatic N) is 2. The van der Waals surface area contributed by atoms with Crippen molar-refractivity contribution in [2.45, 2.75) is 5.75 Å². The molecule has 7 heteroatoms. The van der Waals surface area contributed by atoms with Crippen molar-refractivity contribution in [3.05, 3.63) is 64.4 Å². The molecule has 0 unspecified atom stereocenters. The van der Waals surface area contributed by atoms with Crippen molar-refractivity contribution in [3.63, 3.8) is 0 Å². The summed E-state index contributed by atoms with van der Waals surface area (Å²) in [7, 11) is 1.37. The highest BCUT2D eigenvalue weighted by Crippen LogP contribution is 2.27. The van der Waals surface area contributed by atoms with Crippen LogP contribution in [0.3, 0.4) is 0 Å². The number of hydrogen-bond donors (Lipinski definition) is 1. The van der Waals surface area contributed by atoms with E-state index in [4.69, 9.17) is 22.1 Å². The Bertz CT molecular complexity index is 723. The standard InChI is InChI=1S/C16H15ClFN3OS/c1-22-13-8-7-12(14(17)15(13)18)9-20-21-16(19)23-10-11-5-3-2-4-6-11/h2-9H,10H2,1H3,(H2,19,21). The highest BCUT2D eigenvalue weighted by molar-refractivity contribution is 8.13. The Morgan fingerprint density at radius 3 is 2.74 bits per heavy atom. The molecule has 0 bridgehead atoms. The molecule has 0 fully saturated rings. The molecule has 0 spiro atoms. The van der Waals surface area contributed by atoms with Crippen molar-refractivity contribution in [2.75, 3.05) is 7.11 Å². The van der Waals surface area contributed by atoms with Crippen LogP contribution in [-0.4, -0.2) is 18.5 Å². The summed E-state index contributed by atoms with van der Waals surface area (Å²) >= 11 is 7.27. The van der Waals surface area contributed by atoms with E-state index in [-0.39, 0.29) is 10.8 Å². The normalized spacial score (nSPS) is 11.9. The molecule has 0 aliphatic heterocycles. The Hall–Kier alpha value is -2.05. The van der Waals surface area contributed by atoms with Gasteiger partial charge in [-0.25, -0.2) is 4.39 Å². The predicted octanol–water partition coefficient (Wildman–Crippen LogP) is 4.07. The average molecular weight is 352 g/mol. The van der Waals surface area contributed by atoms with Crippen LogP contribution in [0.5, 0.6) is 5.75 Å². The number of ether oxygens (including phenoxy) is 1. The fourth-order valence-corrected chi connectivity index (χ4v) is 2.53. The second kappa shape index (κ2) is 8.55. The van der Waals surface area contributed by atoms with Crippen molar-refractivity contribution in [3.8, 4) is 5.75 Å². The molecule has 0 aliphatic carbocycles. The van der Waals surface area contributed by atoms with Gasteiger partial charge in [-0.15, -0.1) is 5.10 Å². The Morgan fingerprint density at radius 1 is 1.30 bits per heavy atom. The summed E-state index contributed by atoms with van der Waals surface area (Å²) < 4.78 is 18.6. The van der Waals surface area contributed by atoms with E-state index in [9.17, 15) is 4.39 Å². The third kappa shape index (κ3) is 4.97. The van der Waals surface area contributed by atoms with E-state index < -0.39 is 5.82 Å². The van der Waals surface area contributed by atoms with Gasteiger partial charge in [0.15, 0.2) is 16.7 Å². The van der Waals surface area contributed by atoms with E-state index in [0.29, 0.717) is 16.5 Å². The minimum Gasteiger partial charge on any atom is -0.494 e. The van der Waals surface area contributed by atoms with Crippen LogP contribution in [0.15, 0.2) is 52.7 Å². The largest absolute Gasteiger partial charge is 0.494 e. The van der Waals surface area contributed by atoms with Crippen LogP contribution in [0.25, 0.3) is 0 Å². The lowest BCUT2D eigenvalue weighted by atomic mass is 10.2. The summed E-state index contributed by atoms with van der Waals surface area (Å²) in [6.07, 6.45) is 1.35. The molecule has 0 atom stereocenters. The van der Waals surface area contributed by atoms with Crippen LogP contribution in [-0.2, 0) is 5.75 Å². The average Bonchev–Trinajstić information content (AvgIpc) is 2.58. The van der Waals surface area contributed by atoms with Gasteiger partial charge < -0.3 is 10.5 Å². The van der Waals surface area contributed by atoms with Gasteiger partial charge in [-0.2, -0.15) is 5.10 Å². The summed E-state index contributed by atoms with van der Waals surface area (Å²) in [4.78, 5) is 0. The molecule has 120 valence electrons. The molecule has 0 amide bonds. The molecular formula is C16H15ClFN3OS. The van der Waals surface area contributed by atoms with E-state index in [0.717, 1.165) is 5.56 Å². The van der Waals surface area contributed by atoms with Crippen molar-refractivity contribution in [1.29, 1.82) is 0 Å². The SMILES string of the molecule is COc1ccc(C=NN=C(N)SCc2ccccc2)c(Cl)c1F. The topological polar surface area (TPSA) is 60.0 Å². The van der Waals surface area contributed by atoms with E-state index >= 15 is 0 Å². The first kappa shape index (κ1) is 17.3. The zero-order valence-corrected chi connectivity index (χ0v) is 13.9. The van der Waals surface area contributed by atoms with Gasteiger partial charge in [0.05, 0.1) is 18.3 Å². The number of benzene rings is 2. The van der Waals surface area contributed by atoms with Gasteiger partial charge in [-0.05, 0) is 17.7 Å². The van der Waals surface area contributed by atoms with Gasteiger partial charge in [0.1, 0.15) is 0 Å². The molecule has 2 N–H and O–H groups in total. The molecule has 2 rings (SSSR count). The first-order chi connectivity index (χ1) is 11.1. The molecule has 0 radical (unpaired) electrons. The van der Waals surface area contributed by atoms with Gasteiger partial charge in [-0.1, -0.05) is 53.7 Å². The maximum Gasteiger partial charge on any atom is 0.184 e. The molecule has 23 heavy (non-hydrogen) atoms. The minimum atomic E-state index is -0.631. The zero-order chi connectivity index (χ0) is 16.7. The van der Waals surface area contributed by atoms with Crippen LogP contribution in [0, 0.1) is 5.82 Å². The summed E-state index contributed by atoms with van der Waals surface area (Å²) in [5.74, 6) is 0.144. The first-order valence-electron chi connectivity index (χ1n) is 6.67. The van der Waals surface area contributed by atoms with Gasteiger partial charge >= 0.3 is 0 Å². The summed E-state index contributed by atoms with van der Waals surface area (Å²) in [6.45, 7) is 0. The number of hydrogen-bond acceptors (Lipinski definition) is 4. The first-order valence-corrected chi connectivity index (χ1v) is 8.03. The maximum atomic E-state index is 13.8. The second-order valence-electron chi connectivity index (χ2n) is 4.44. The third-order valence-corrected chi connectivity index (χ3v) is 4.12. The van der Waals surface area contributed by atoms with Crippen molar-refractivity contribution >= 4 is 34.7 Å². The Labute approximate surface area is 143 Å². The summed E-state index contributed by atoms with van der Waals surface area (Å²) in [5.41, 5.74) is 7.31. The van der Waals surface area contributed by atoms with E-state index in [1.54, 1.807) is 6.07 Å². The quantitative estimate of drug-likeness (QED) is 0.502. The number of halogens is 2. The molecular weight excluding hydrogens is 337 g/mol. The summed E-state index contributed by atoms with van der Waals surface area (Å²) in [6, 6.07) is 12.9. The lowest BCUT2D eigenvalue weighted by Gasteiger charge is -2.04. The second-order valence-corrected chi connectivity index (χ2v) is 5.82. The van der Waals surface area contributed by atoms with E-state index in [1.165, 1.54) is 31.2 Å². The number of rotatable bonds is 5. The van der Waals surface area contributed by atoms with Crippen LogP contribution >= 0.6 is 23.4 Å². The lowest BCUT2D eigenvalue weighted by molar-refractivity contribution is 0.386. The lowest BCUT2D eigenvalue weighted by Crippen LogP contribution is -2.06. The monoisotopic (exact) mass is 351 g/mol. The highest BCUT2D eigenvalue weighted by atomic mass is 35.5. The van der Waals surface area contributed by atoms with E-state index in [1.807, 2.05) is 30.3 Å². The fraction of sp³-hybridized carbons (Fsp3) is 0.125. The molecule has 0 saturated carbocycles. The van der Waals surface area contributed by atoms with Gasteiger partial charge in [0, 0.05) is 11.3 Å². The predicted molar refractivity (Wildman–Crippen MR) is 94.9 cm³/mol. The Morgan fingerprint density at radius 2 is 2.04 bits per heavy atom. The molecule has 4 nitrogen and oxygen atoms in total. The molecule has 2 aromatic carbocycles. The van der Waals surface area contributed by atoms with Crippen molar-refractivity contribution in [1.82, 2.24) is 0 Å². The van der Waals surface area contributed by atoms with Crippen molar-refractivity contribution < 1.29 is 9.13 Å². The molecule has 0 heterocycles. The molecule has 0 saturated heterocycles. The minimum absolute atomic E-state index is 0.0705. The number of nitrogens with two attached hydrogens (primary N) is 1. The number of amidine groups is 1. The van der Waals surface area contributed by atoms with Crippen molar-refractivity contribution in [2.24, 2.45) is 15.9 Å². The maximum absolute atomic E-state index is 13.8. The number of methoxy groups -OCH3 is 1. The van der Waals surface area contributed by atoms with E-state index in [2.05, 4.69) is 10.2 Å². The fourth-order valence-electron chi connectivity index (χ4n) is 1.71. The summed E-state index contributed by atoms with van der Waals surface area (Å²) in [5, 5.41) is 7.94. The smallest absolute Gasteiger partial charge is 0.184 e. The number of thioether (sulfide) groups is 1. The Balaban J connectivity index is 1.98. The van der Waals surface area contributed by atoms with Crippen LogP contribution < -0.4 is 10.5 Å². The van der Waals surface area contributed by atoms with Gasteiger partial charge in [0.2, 0.25) is 0 Å². The molecule has 0 aliphatic rings. The zero-order valence-electron chi connectivity index (χ0n) is 12.4. The highest BCUT2D eigenvalue weighted by Gasteiger charge is 2.10. The van der Waals surface area contributed by atoms with Gasteiger partial charge in [0.25, 0.3) is 0 Å². The van der Waals surface area contributed by atoms with Crippen LogP contribution in [0.4, 0.5) is 4.39 Å².